The van der Waals surface area contributed by atoms with Gasteiger partial charge in [-0.15, -0.1) is 0 Å². The Morgan fingerprint density at radius 3 is 2.88 bits per heavy atom. The third-order valence-electron chi connectivity index (χ3n) is 4.86. The van der Waals surface area contributed by atoms with Crippen molar-refractivity contribution in [1.29, 1.82) is 0 Å². The van der Waals surface area contributed by atoms with Gasteiger partial charge in [-0.25, -0.2) is 4.98 Å². The summed E-state index contributed by atoms with van der Waals surface area (Å²) in [5.74, 6) is 0.892. The standard InChI is InChI=1S/C18H26N4O2/c1-13-20-16-12-14(4-5-17(16)21(13)2)18(24)19-8-3-9-22-10-6-15(23)7-11-22/h4-5,12,15,23H,3,6-11H2,1-2H3,(H,19,24). The van der Waals surface area contributed by atoms with Crippen LogP contribution in [-0.4, -0.2) is 57.7 Å². The van der Waals surface area contributed by atoms with Crippen LogP contribution in [0.2, 0.25) is 0 Å². The number of imidazole rings is 1. The van der Waals surface area contributed by atoms with Crippen LogP contribution < -0.4 is 5.32 Å². The third-order valence-corrected chi connectivity index (χ3v) is 4.86. The first-order valence-electron chi connectivity index (χ1n) is 8.66. The second-order valence-electron chi connectivity index (χ2n) is 6.60. The van der Waals surface area contributed by atoms with E-state index in [1.54, 1.807) is 0 Å². The summed E-state index contributed by atoms with van der Waals surface area (Å²) in [5, 5.41) is 12.5. The fourth-order valence-corrected chi connectivity index (χ4v) is 3.21. The number of hydrogen-bond donors (Lipinski definition) is 2. The number of fused-ring (bicyclic) bond motifs is 1. The van der Waals surface area contributed by atoms with Gasteiger partial charge in [-0.2, -0.15) is 0 Å². The molecule has 3 rings (SSSR count). The second-order valence-corrected chi connectivity index (χ2v) is 6.60. The van der Waals surface area contributed by atoms with Gasteiger partial charge in [-0.3, -0.25) is 4.79 Å². The number of carbonyl (C=O) groups is 1. The van der Waals surface area contributed by atoms with Crippen LogP contribution in [0.1, 0.15) is 35.4 Å². The smallest absolute Gasteiger partial charge is 0.251 e. The number of carbonyl (C=O) groups excluding carboxylic acids is 1. The van der Waals surface area contributed by atoms with Gasteiger partial charge in [0.05, 0.1) is 17.1 Å². The molecule has 2 N–H and O–H groups in total. The Balaban J connectivity index is 1.48. The maximum absolute atomic E-state index is 12.3. The molecule has 130 valence electrons. The number of nitrogens with zero attached hydrogens (tertiary/aromatic N) is 3. The Morgan fingerprint density at radius 1 is 1.38 bits per heavy atom. The largest absolute Gasteiger partial charge is 0.393 e. The van der Waals surface area contributed by atoms with Crippen LogP contribution in [-0.2, 0) is 7.05 Å². The molecule has 1 fully saturated rings. The van der Waals surface area contributed by atoms with Crippen molar-refractivity contribution in [2.75, 3.05) is 26.2 Å². The van der Waals surface area contributed by atoms with E-state index in [1.165, 1.54) is 0 Å². The molecule has 24 heavy (non-hydrogen) atoms. The van der Waals surface area contributed by atoms with Gasteiger partial charge >= 0.3 is 0 Å². The summed E-state index contributed by atoms with van der Waals surface area (Å²) in [5.41, 5.74) is 2.55. The molecule has 0 spiro atoms. The highest BCUT2D eigenvalue weighted by atomic mass is 16.3. The monoisotopic (exact) mass is 330 g/mol. The van der Waals surface area contributed by atoms with E-state index in [4.69, 9.17) is 0 Å². The number of rotatable bonds is 5. The van der Waals surface area contributed by atoms with Gasteiger partial charge < -0.3 is 19.9 Å². The van der Waals surface area contributed by atoms with Crippen LogP contribution in [0.15, 0.2) is 18.2 Å². The number of aliphatic hydroxyl groups is 1. The van der Waals surface area contributed by atoms with Gasteiger partial charge in [0, 0.05) is 32.2 Å². The van der Waals surface area contributed by atoms with E-state index < -0.39 is 0 Å². The van der Waals surface area contributed by atoms with E-state index in [1.807, 2.05) is 36.7 Å². The molecular weight excluding hydrogens is 304 g/mol. The first-order valence-corrected chi connectivity index (χ1v) is 8.66. The molecule has 1 aromatic heterocycles. The number of aliphatic hydroxyl groups excluding tert-OH is 1. The van der Waals surface area contributed by atoms with Crippen molar-refractivity contribution in [3.63, 3.8) is 0 Å². The summed E-state index contributed by atoms with van der Waals surface area (Å²) in [6.45, 7) is 5.48. The van der Waals surface area contributed by atoms with Gasteiger partial charge in [0.25, 0.3) is 5.91 Å². The number of piperidine rings is 1. The van der Waals surface area contributed by atoms with Gasteiger partial charge in [-0.05, 0) is 50.9 Å². The molecule has 0 unspecified atom stereocenters. The summed E-state index contributed by atoms with van der Waals surface area (Å²) in [6, 6.07) is 5.65. The van der Waals surface area contributed by atoms with E-state index in [9.17, 15) is 9.90 Å². The lowest BCUT2D eigenvalue weighted by Crippen LogP contribution is -2.37. The first kappa shape index (κ1) is 16.9. The van der Waals surface area contributed by atoms with Crippen molar-refractivity contribution < 1.29 is 9.90 Å². The minimum Gasteiger partial charge on any atom is -0.393 e. The molecule has 6 nitrogen and oxygen atoms in total. The predicted molar refractivity (Wildman–Crippen MR) is 94.1 cm³/mol. The van der Waals surface area contributed by atoms with Crippen LogP contribution in [0.5, 0.6) is 0 Å². The number of likely N-dealkylation sites (tertiary alicyclic amines) is 1. The molecule has 1 aromatic carbocycles. The molecule has 1 saturated heterocycles. The number of amides is 1. The molecule has 1 amide bonds. The minimum absolute atomic E-state index is 0.0470. The van der Waals surface area contributed by atoms with E-state index in [-0.39, 0.29) is 12.0 Å². The van der Waals surface area contributed by atoms with Crippen LogP contribution in [0.4, 0.5) is 0 Å². The Bertz CT molecular complexity index is 717. The molecule has 0 saturated carbocycles. The summed E-state index contributed by atoms with van der Waals surface area (Å²) >= 11 is 0. The average molecular weight is 330 g/mol. The van der Waals surface area contributed by atoms with E-state index in [0.29, 0.717) is 12.1 Å². The van der Waals surface area contributed by atoms with Crippen molar-refractivity contribution in [1.82, 2.24) is 19.8 Å². The molecule has 0 bridgehead atoms. The Kier molecular flexibility index (Phi) is 5.16. The summed E-state index contributed by atoms with van der Waals surface area (Å²) in [4.78, 5) is 19.1. The van der Waals surface area contributed by atoms with Crippen LogP contribution in [0.25, 0.3) is 11.0 Å². The number of aromatic nitrogens is 2. The number of hydrogen-bond acceptors (Lipinski definition) is 4. The predicted octanol–water partition coefficient (Wildman–Crippen LogP) is 1.46. The van der Waals surface area contributed by atoms with Crippen molar-refractivity contribution in [2.24, 2.45) is 7.05 Å². The third kappa shape index (κ3) is 3.76. The fraction of sp³-hybridized carbons (Fsp3) is 0.556. The Morgan fingerprint density at radius 2 is 2.12 bits per heavy atom. The number of benzene rings is 1. The molecule has 0 atom stereocenters. The average Bonchev–Trinajstić information content (AvgIpc) is 2.87. The SMILES string of the molecule is Cc1nc2cc(C(=O)NCCCN3CCC(O)CC3)ccc2n1C. The zero-order chi connectivity index (χ0) is 17.1. The topological polar surface area (TPSA) is 70.4 Å². The van der Waals surface area contributed by atoms with E-state index >= 15 is 0 Å². The Hall–Kier alpha value is -1.92. The quantitative estimate of drug-likeness (QED) is 0.814. The van der Waals surface area contributed by atoms with Gasteiger partial charge in [0.1, 0.15) is 5.82 Å². The molecule has 0 radical (unpaired) electrons. The summed E-state index contributed by atoms with van der Waals surface area (Å²) in [6.07, 6.45) is 2.50. The van der Waals surface area contributed by atoms with Crippen LogP contribution in [0, 0.1) is 6.92 Å². The van der Waals surface area contributed by atoms with E-state index in [0.717, 1.165) is 55.8 Å². The first-order chi connectivity index (χ1) is 11.5. The van der Waals surface area contributed by atoms with Crippen molar-refractivity contribution in [3.05, 3.63) is 29.6 Å². The molecule has 1 aliphatic rings. The second kappa shape index (κ2) is 7.32. The molecule has 6 heteroatoms. The van der Waals surface area contributed by atoms with Crippen molar-refractivity contribution in [3.8, 4) is 0 Å². The normalized spacial score (nSPS) is 16.6. The van der Waals surface area contributed by atoms with Crippen LogP contribution in [0.3, 0.4) is 0 Å². The highest BCUT2D eigenvalue weighted by Gasteiger charge is 2.16. The van der Waals surface area contributed by atoms with Gasteiger partial charge in [-0.1, -0.05) is 0 Å². The van der Waals surface area contributed by atoms with E-state index in [2.05, 4.69) is 15.2 Å². The minimum atomic E-state index is -0.133. The molecule has 1 aliphatic heterocycles. The zero-order valence-corrected chi connectivity index (χ0v) is 14.5. The summed E-state index contributed by atoms with van der Waals surface area (Å²) in [7, 11) is 1.98. The molecular formula is C18H26N4O2. The fourth-order valence-electron chi connectivity index (χ4n) is 3.21. The van der Waals surface area contributed by atoms with Gasteiger partial charge in [0.15, 0.2) is 0 Å². The number of aryl methyl sites for hydroxylation is 2. The lowest BCUT2D eigenvalue weighted by atomic mass is 10.1. The van der Waals surface area contributed by atoms with Crippen molar-refractivity contribution >= 4 is 16.9 Å². The molecule has 2 aromatic rings. The maximum atomic E-state index is 12.3. The van der Waals surface area contributed by atoms with Crippen molar-refractivity contribution in [2.45, 2.75) is 32.3 Å². The highest BCUT2D eigenvalue weighted by molar-refractivity contribution is 5.97. The van der Waals surface area contributed by atoms with Crippen LogP contribution >= 0.6 is 0 Å². The van der Waals surface area contributed by atoms with Gasteiger partial charge in [0.2, 0.25) is 0 Å². The molecule has 2 heterocycles. The molecule has 0 aliphatic carbocycles. The lowest BCUT2D eigenvalue weighted by Gasteiger charge is -2.29. The number of nitrogens with one attached hydrogen (secondary N) is 1. The maximum Gasteiger partial charge on any atom is 0.251 e. The Labute approximate surface area is 142 Å². The highest BCUT2D eigenvalue weighted by Crippen LogP contribution is 2.16. The zero-order valence-electron chi connectivity index (χ0n) is 14.5. The lowest BCUT2D eigenvalue weighted by molar-refractivity contribution is 0.0816. The summed E-state index contributed by atoms with van der Waals surface area (Å²) < 4.78 is 2.02.